The Labute approximate surface area is 167 Å². The highest BCUT2D eigenvalue weighted by Crippen LogP contribution is 2.19. The minimum absolute atomic E-state index is 0.102. The summed E-state index contributed by atoms with van der Waals surface area (Å²) in [5.41, 5.74) is 1.35. The number of aromatic nitrogens is 1. The molecule has 3 heterocycles. The van der Waals surface area contributed by atoms with Crippen molar-refractivity contribution in [3.8, 4) is 0 Å². The number of aryl methyl sites for hydroxylation is 1. The normalized spacial score (nSPS) is 16.6. The Morgan fingerprint density at radius 3 is 2.93 bits per heavy atom. The van der Waals surface area contributed by atoms with Crippen LogP contribution in [0.25, 0.3) is 11.1 Å². The predicted molar refractivity (Wildman–Crippen MR) is 108 cm³/mol. The summed E-state index contributed by atoms with van der Waals surface area (Å²) in [6.45, 7) is 2.49. The fraction of sp³-hybridized carbons (Fsp3) is 0.429. The van der Waals surface area contributed by atoms with E-state index in [1.54, 1.807) is 22.0 Å². The number of carbonyl (C=O) groups excluding carboxylic acids is 1. The minimum Gasteiger partial charge on any atom is -0.408 e. The third kappa shape index (κ3) is 4.36. The molecular formula is C21H24N2O4S. The quantitative estimate of drug-likeness (QED) is 0.579. The monoisotopic (exact) mass is 400 g/mol. The van der Waals surface area contributed by atoms with E-state index in [1.807, 2.05) is 34.5 Å². The van der Waals surface area contributed by atoms with Crippen molar-refractivity contribution in [3.05, 3.63) is 57.2 Å². The van der Waals surface area contributed by atoms with E-state index in [-0.39, 0.29) is 17.8 Å². The van der Waals surface area contributed by atoms with Crippen LogP contribution in [0.5, 0.6) is 0 Å². The summed E-state index contributed by atoms with van der Waals surface area (Å²) in [5, 5.41) is 2.03. The highest BCUT2D eigenvalue weighted by Gasteiger charge is 2.23. The van der Waals surface area contributed by atoms with E-state index in [9.17, 15) is 9.59 Å². The number of fused-ring (bicyclic) bond motifs is 1. The van der Waals surface area contributed by atoms with Crippen LogP contribution in [0.3, 0.4) is 0 Å². The molecule has 0 aliphatic carbocycles. The number of amides is 1. The summed E-state index contributed by atoms with van der Waals surface area (Å²) in [4.78, 5) is 28.0. The molecule has 4 rings (SSSR count). The Morgan fingerprint density at radius 2 is 2.14 bits per heavy atom. The largest absolute Gasteiger partial charge is 0.419 e. The van der Waals surface area contributed by atoms with Crippen molar-refractivity contribution in [3.63, 3.8) is 0 Å². The van der Waals surface area contributed by atoms with Gasteiger partial charge in [-0.2, -0.15) is 0 Å². The zero-order valence-corrected chi connectivity index (χ0v) is 16.5. The molecule has 1 aliphatic heterocycles. The van der Waals surface area contributed by atoms with Crippen molar-refractivity contribution in [2.45, 2.75) is 44.9 Å². The molecular weight excluding hydrogens is 376 g/mol. The molecule has 0 radical (unpaired) electrons. The van der Waals surface area contributed by atoms with Crippen LogP contribution >= 0.6 is 11.3 Å². The maximum atomic E-state index is 12.9. The summed E-state index contributed by atoms with van der Waals surface area (Å²) >= 11 is 1.66. The van der Waals surface area contributed by atoms with Crippen molar-refractivity contribution in [1.82, 2.24) is 9.47 Å². The van der Waals surface area contributed by atoms with Gasteiger partial charge >= 0.3 is 5.76 Å². The second kappa shape index (κ2) is 8.75. The third-order valence-electron chi connectivity index (χ3n) is 5.07. The van der Waals surface area contributed by atoms with Gasteiger partial charge in [-0.1, -0.05) is 18.2 Å². The molecule has 0 saturated carbocycles. The Bertz CT molecular complexity index is 970. The number of hydrogen-bond acceptors (Lipinski definition) is 5. The molecule has 0 spiro atoms. The number of thiophene rings is 1. The topological polar surface area (TPSA) is 64.7 Å². The second-order valence-electron chi connectivity index (χ2n) is 7.08. The molecule has 6 nitrogen and oxygen atoms in total. The van der Waals surface area contributed by atoms with Gasteiger partial charge in [-0.05, 0) is 42.8 Å². The molecule has 0 bridgehead atoms. The molecule has 1 unspecified atom stereocenters. The van der Waals surface area contributed by atoms with Gasteiger partial charge in [-0.3, -0.25) is 9.36 Å². The Morgan fingerprint density at radius 1 is 1.25 bits per heavy atom. The van der Waals surface area contributed by atoms with Crippen molar-refractivity contribution in [1.29, 1.82) is 0 Å². The summed E-state index contributed by atoms with van der Waals surface area (Å²) in [6.07, 6.45) is 3.18. The molecule has 1 atom stereocenters. The van der Waals surface area contributed by atoms with Crippen LogP contribution in [0.2, 0.25) is 0 Å². The highest BCUT2D eigenvalue weighted by molar-refractivity contribution is 7.09. The molecule has 1 saturated heterocycles. The maximum Gasteiger partial charge on any atom is 0.419 e. The molecule has 0 N–H and O–H groups in total. The van der Waals surface area contributed by atoms with Crippen molar-refractivity contribution >= 4 is 28.3 Å². The van der Waals surface area contributed by atoms with Gasteiger partial charge in [0.1, 0.15) is 0 Å². The van der Waals surface area contributed by atoms with Gasteiger partial charge in [-0.25, -0.2) is 4.79 Å². The molecule has 7 heteroatoms. The SMILES string of the molecule is O=C(CCCn1c(=O)oc2ccccc21)N(Cc1cccs1)CC1CCCO1. The fourth-order valence-electron chi connectivity index (χ4n) is 3.65. The first-order chi connectivity index (χ1) is 13.7. The Hall–Kier alpha value is -2.38. The second-order valence-corrected chi connectivity index (χ2v) is 8.11. The maximum absolute atomic E-state index is 12.9. The molecule has 1 fully saturated rings. The van der Waals surface area contributed by atoms with Crippen LogP contribution < -0.4 is 5.76 Å². The number of nitrogens with zero attached hydrogens (tertiary/aromatic N) is 2. The van der Waals surface area contributed by atoms with Gasteiger partial charge in [0.05, 0.1) is 18.2 Å². The van der Waals surface area contributed by atoms with Gasteiger partial charge in [0.2, 0.25) is 5.91 Å². The third-order valence-corrected chi connectivity index (χ3v) is 5.93. The van der Waals surface area contributed by atoms with Crippen molar-refractivity contribution < 1.29 is 13.9 Å². The van der Waals surface area contributed by atoms with Gasteiger partial charge in [0, 0.05) is 31.0 Å². The van der Waals surface area contributed by atoms with Crippen LogP contribution in [-0.2, 0) is 22.6 Å². The number of ether oxygens (including phenoxy) is 1. The molecule has 1 aliphatic rings. The first-order valence-electron chi connectivity index (χ1n) is 9.71. The number of rotatable bonds is 8. The number of benzene rings is 1. The van der Waals surface area contributed by atoms with E-state index >= 15 is 0 Å². The summed E-state index contributed by atoms with van der Waals surface area (Å²) in [7, 11) is 0. The average molecular weight is 401 g/mol. The smallest absolute Gasteiger partial charge is 0.408 e. The zero-order valence-electron chi connectivity index (χ0n) is 15.7. The minimum atomic E-state index is -0.372. The lowest BCUT2D eigenvalue weighted by molar-refractivity contribution is -0.133. The summed E-state index contributed by atoms with van der Waals surface area (Å²) in [6, 6.07) is 11.4. The van der Waals surface area contributed by atoms with Gasteiger partial charge in [0.15, 0.2) is 5.58 Å². The highest BCUT2D eigenvalue weighted by atomic mass is 32.1. The van der Waals surface area contributed by atoms with E-state index in [2.05, 4.69) is 6.07 Å². The molecule has 1 aromatic carbocycles. The molecule has 3 aromatic rings. The van der Waals surface area contributed by atoms with Crippen molar-refractivity contribution in [2.24, 2.45) is 0 Å². The van der Waals surface area contributed by atoms with Gasteiger partial charge in [-0.15, -0.1) is 11.3 Å². The lowest BCUT2D eigenvalue weighted by Gasteiger charge is -2.25. The molecule has 28 heavy (non-hydrogen) atoms. The number of para-hydroxylation sites is 2. The Balaban J connectivity index is 1.39. The summed E-state index contributed by atoms with van der Waals surface area (Å²) < 4.78 is 12.6. The molecule has 2 aromatic heterocycles. The van der Waals surface area contributed by atoms with Crippen molar-refractivity contribution in [2.75, 3.05) is 13.2 Å². The van der Waals surface area contributed by atoms with Crippen LogP contribution in [0, 0.1) is 0 Å². The average Bonchev–Trinajstić information content (AvgIpc) is 3.44. The standard InChI is InChI=1S/C21H24N2O4S/c24-20(10-3-11-23-18-8-1-2-9-19(18)27-21(23)25)22(14-16-6-4-12-26-16)15-17-7-5-13-28-17/h1-2,5,7-9,13,16H,3-4,6,10-12,14-15H2. The van der Waals surface area contributed by atoms with Gasteiger partial charge in [0.25, 0.3) is 0 Å². The first kappa shape index (κ1) is 19.0. The Kier molecular flexibility index (Phi) is 5.92. The van der Waals surface area contributed by atoms with Crippen LogP contribution in [0.4, 0.5) is 0 Å². The van der Waals surface area contributed by atoms with E-state index in [0.717, 1.165) is 25.0 Å². The molecule has 148 valence electrons. The first-order valence-corrected chi connectivity index (χ1v) is 10.6. The van der Waals surface area contributed by atoms with E-state index in [1.165, 1.54) is 4.88 Å². The lowest BCUT2D eigenvalue weighted by atomic mass is 10.2. The van der Waals surface area contributed by atoms with Crippen LogP contribution in [-0.4, -0.2) is 34.6 Å². The van der Waals surface area contributed by atoms with Crippen LogP contribution in [0.1, 0.15) is 30.6 Å². The number of oxazole rings is 1. The predicted octanol–water partition coefficient (Wildman–Crippen LogP) is 3.64. The van der Waals surface area contributed by atoms with Gasteiger partial charge < -0.3 is 14.1 Å². The number of hydrogen-bond donors (Lipinski definition) is 0. The molecule has 1 amide bonds. The number of carbonyl (C=O) groups is 1. The lowest BCUT2D eigenvalue weighted by Crippen LogP contribution is -2.36. The zero-order chi connectivity index (χ0) is 19.3. The summed E-state index contributed by atoms with van der Waals surface area (Å²) in [5.74, 6) is -0.270. The fourth-order valence-corrected chi connectivity index (χ4v) is 4.37. The van der Waals surface area contributed by atoms with Crippen LogP contribution in [0.15, 0.2) is 51.0 Å². The van der Waals surface area contributed by atoms with E-state index < -0.39 is 0 Å². The van der Waals surface area contributed by atoms with E-state index in [0.29, 0.717) is 38.1 Å². The van der Waals surface area contributed by atoms with E-state index in [4.69, 9.17) is 9.15 Å².